The van der Waals surface area contributed by atoms with Gasteiger partial charge in [0.05, 0.1) is 28.4 Å². The number of carbonyl (C=O) groups excluding carboxylic acids is 3. The van der Waals surface area contributed by atoms with E-state index in [9.17, 15) is 14.4 Å². The molecule has 0 fully saturated rings. The number of ether oxygens (including phenoxy) is 3. The Labute approximate surface area is 115 Å². The second-order valence-corrected chi connectivity index (χ2v) is 3.68. The molecule has 20 heavy (non-hydrogen) atoms. The molecule has 0 aromatic carbocycles. The second kappa shape index (κ2) is 6.50. The van der Waals surface area contributed by atoms with Gasteiger partial charge in [-0.05, 0) is 0 Å². The third kappa shape index (κ3) is 3.02. The number of rotatable bonds is 4. The summed E-state index contributed by atoms with van der Waals surface area (Å²) in [5, 5.41) is 0. The first-order chi connectivity index (χ1) is 9.46. The molecular formula is C12H15N2O6+. The maximum absolute atomic E-state index is 11.9. The average Bonchev–Trinajstić information content (AvgIpc) is 2.88. The molecule has 8 heteroatoms. The molecule has 0 amide bonds. The van der Waals surface area contributed by atoms with E-state index >= 15 is 0 Å². The van der Waals surface area contributed by atoms with Crippen molar-refractivity contribution in [2.24, 2.45) is 7.05 Å². The zero-order chi connectivity index (χ0) is 15.3. The van der Waals surface area contributed by atoms with Crippen molar-refractivity contribution in [2.45, 2.75) is 0 Å². The number of methoxy groups -OCH3 is 3. The lowest BCUT2D eigenvalue weighted by molar-refractivity contribution is -0.670. The van der Waals surface area contributed by atoms with Gasteiger partial charge in [-0.1, -0.05) is 0 Å². The van der Waals surface area contributed by atoms with E-state index in [0.717, 1.165) is 21.3 Å². The lowest BCUT2D eigenvalue weighted by atomic mass is 10.2. The monoisotopic (exact) mass is 283 g/mol. The Bertz CT molecular complexity index is 554. The number of esters is 3. The molecule has 0 aliphatic rings. The molecule has 0 spiro atoms. The summed E-state index contributed by atoms with van der Waals surface area (Å²) < 4.78 is 16.5. The zero-order valence-electron chi connectivity index (χ0n) is 11.6. The maximum atomic E-state index is 11.9. The van der Waals surface area contributed by atoms with Crippen molar-refractivity contribution < 1.29 is 33.2 Å². The molecule has 108 valence electrons. The first-order valence-corrected chi connectivity index (χ1v) is 5.49. The zero-order valence-corrected chi connectivity index (χ0v) is 11.6. The van der Waals surface area contributed by atoms with Crippen molar-refractivity contribution in [1.82, 2.24) is 4.57 Å². The highest BCUT2D eigenvalue weighted by Crippen LogP contribution is 2.15. The molecule has 0 saturated carbocycles. The van der Waals surface area contributed by atoms with Gasteiger partial charge in [0, 0.05) is 0 Å². The minimum Gasteiger partial charge on any atom is -0.465 e. The normalized spacial score (nSPS) is 9.60. The minimum atomic E-state index is -0.992. The van der Waals surface area contributed by atoms with Crippen LogP contribution in [0.3, 0.4) is 0 Å². The van der Waals surface area contributed by atoms with Crippen LogP contribution in [0, 0.1) is 0 Å². The van der Waals surface area contributed by atoms with E-state index in [1.165, 1.54) is 17.1 Å². The highest BCUT2D eigenvalue weighted by molar-refractivity contribution is 6.28. The molecule has 1 aromatic rings. The number of hydrogen-bond acceptors (Lipinski definition) is 6. The molecule has 0 radical (unpaired) electrons. The van der Waals surface area contributed by atoms with Crippen LogP contribution in [0.2, 0.25) is 0 Å². The minimum absolute atomic E-state index is 0.285. The summed E-state index contributed by atoms with van der Waals surface area (Å²) >= 11 is 0. The van der Waals surface area contributed by atoms with Gasteiger partial charge in [-0.15, -0.1) is 0 Å². The van der Waals surface area contributed by atoms with Crippen LogP contribution in [0.5, 0.6) is 0 Å². The van der Waals surface area contributed by atoms with Gasteiger partial charge < -0.3 is 14.2 Å². The van der Waals surface area contributed by atoms with Crippen LogP contribution in [0.4, 0.5) is 0 Å². The summed E-state index contributed by atoms with van der Waals surface area (Å²) in [4.78, 5) is 35.4. The van der Waals surface area contributed by atoms with Crippen molar-refractivity contribution in [1.29, 1.82) is 0 Å². The van der Waals surface area contributed by atoms with E-state index in [0.29, 0.717) is 0 Å². The van der Waals surface area contributed by atoms with Gasteiger partial charge in [0.25, 0.3) is 0 Å². The highest BCUT2D eigenvalue weighted by Gasteiger charge is 2.34. The van der Waals surface area contributed by atoms with Crippen LogP contribution in [-0.2, 0) is 35.6 Å². The molecule has 0 bridgehead atoms. The first-order valence-electron chi connectivity index (χ1n) is 5.49. The van der Waals surface area contributed by atoms with Crippen molar-refractivity contribution in [3.63, 3.8) is 0 Å². The van der Waals surface area contributed by atoms with Gasteiger partial charge in [-0.3, -0.25) is 0 Å². The Hall–Kier alpha value is -2.64. The fraction of sp³-hybridized carbons (Fsp3) is 0.333. The summed E-state index contributed by atoms with van der Waals surface area (Å²) in [6.07, 6.45) is 4.59. The fourth-order valence-corrected chi connectivity index (χ4v) is 1.50. The van der Waals surface area contributed by atoms with Crippen LogP contribution in [0.25, 0.3) is 5.70 Å². The number of imidazole rings is 1. The van der Waals surface area contributed by atoms with E-state index in [1.54, 1.807) is 17.8 Å². The van der Waals surface area contributed by atoms with Gasteiger partial charge in [-0.2, -0.15) is 4.57 Å². The molecular weight excluding hydrogens is 268 g/mol. The van der Waals surface area contributed by atoms with Gasteiger partial charge in [0.1, 0.15) is 12.4 Å². The molecule has 0 atom stereocenters. The van der Waals surface area contributed by atoms with Crippen molar-refractivity contribution >= 4 is 23.6 Å². The Balaban J connectivity index is 3.58. The molecule has 1 rings (SSSR count). The third-order valence-corrected chi connectivity index (χ3v) is 2.42. The summed E-state index contributed by atoms with van der Waals surface area (Å²) in [5.41, 5.74) is -0.829. The second-order valence-electron chi connectivity index (χ2n) is 3.68. The first kappa shape index (κ1) is 15.4. The topological polar surface area (TPSA) is 87.7 Å². The molecule has 8 nitrogen and oxygen atoms in total. The van der Waals surface area contributed by atoms with Gasteiger partial charge in [-0.25, -0.2) is 19.0 Å². The lowest BCUT2D eigenvalue weighted by Gasteiger charge is -2.07. The Morgan fingerprint density at radius 1 is 0.950 bits per heavy atom. The molecule has 1 heterocycles. The van der Waals surface area contributed by atoms with Crippen molar-refractivity contribution in [2.75, 3.05) is 21.3 Å². The Morgan fingerprint density at radius 2 is 1.45 bits per heavy atom. The molecule has 0 unspecified atom stereocenters. The van der Waals surface area contributed by atoms with Crippen LogP contribution in [0.1, 0.15) is 0 Å². The maximum Gasteiger partial charge on any atom is 0.379 e. The summed E-state index contributed by atoms with van der Waals surface area (Å²) in [7, 11) is 5.03. The number of carbonyl (C=O) groups is 3. The molecule has 0 aliphatic heterocycles. The van der Waals surface area contributed by atoms with E-state index in [4.69, 9.17) is 0 Å². The summed E-state index contributed by atoms with van der Waals surface area (Å²) in [6, 6.07) is 0. The molecule has 1 aromatic heterocycles. The van der Waals surface area contributed by atoms with E-state index < -0.39 is 23.5 Å². The van der Waals surface area contributed by atoms with Crippen LogP contribution < -0.4 is 4.57 Å². The SMILES string of the molecule is COC(=O)C(C(=O)OC)=C(C(=O)OC)n1cc[n+](C)c1. The quantitative estimate of drug-likeness (QED) is 0.177. The van der Waals surface area contributed by atoms with Crippen LogP contribution >= 0.6 is 0 Å². The molecule has 0 aliphatic carbocycles. The highest BCUT2D eigenvalue weighted by atomic mass is 16.5. The van der Waals surface area contributed by atoms with Crippen LogP contribution in [-0.4, -0.2) is 43.8 Å². The Morgan fingerprint density at radius 3 is 1.80 bits per heavy atom. The number of aromatic nitrogens is 2. The smallest absolute Gasteiger partial charge is 0.379 e. The molecule has 0 saturated heterocycles. The number of aryl methyl sites for hydroxylation is 1. The van der Waals surface area contributed by atoms with Gasteiger partial charge in [0.2, 0.25) is 12.0 Å². The summed E-state index contributed by atoms with van der Waals surface area (Å²) in [6.45, 7) is 0. The summed E-state index contributed by atoms with van der Waals surface area (Å²) in [5.74, 6) is -2.85. The van der Waals surface area contributed by atoms with E-state index in [2.05, 4.69) is 14.2 Å². The fourth-order valence-electron chi connectivity index (χ4n) is 1.50. The van der Waals surface area contributed by atoms with E-state index in [-0.39, 0.29) is 5.70 Å². The predicted molar refractivity (Wildman–Crippen MR) is 64.9 cm³/mol. The lowest BCUT2D eigenvalue weighted by Crippen LogP contribution is -2.26. The predicted octanol–water partition coefficient (Wildman–Crippen LogP) is -0.957. The molecule has 0 N–H and O–H groups in total. The third-order valence-electron chi connectivity index (χ3n) is 2.42. The number of nitrogens with zero attached hydrogens (tertiary/aromatic N) is 2. The van der Waals surface area contributed by atoms with Gasteiger partial charge >= 0.3 is 17.9 Å². The van der Waals surface area contributed by atoms with Crippen molar-refractivity contribution in [3.05, 3.63) is 24.3 Å². The van der Waals surface area contributed by atoms with Gasteiger partial charge in [0.15, 0.2) is 5.57 Å². The van der Waals surface area contributed by atoms with Crippen molar-refractivity contribution in [3.8, 4) is 0 Å². The average molecular weight is 283 g/mol. The standard InChI is InChI=1S/C12H15N2O6/c1-13-5-6-14(7-13)9(12(17)20-4)8(10(15)18-2)11(16)19-3/h5-7H,1-4H3/q+1. The Kier molecular flexibility index (Phi) is 5.01. The largest absolute Gasteiger partial charge is 0.465 e. The van der Waals surface area contributed by atoms with E-state index in [1.807, 2.05) is 0 Å². The van der Waals surface area contributed by atoms with Crippen LogP contribution in [0.15, 0.2) is 24.3 Å². The number of hydrogen-bond donors (Lipinski definition) is 0.